The fourth-order valence-electron chi connectivity index (χ4n) is 2.95. The molecule has 4 rings (SSSR count). The van der Waals surface area contributed by atoms with E-state index in [-0.39, 0.29) is 15.7 Å². The Morgan fingerprint density at radius 1 is 0.968 bits per heavy atom. The summed E-state index contributed by atoms with van der Waals surface area (Å²) in [5.41, 5.74) is 0.610. The molecule has 1 saturated heterocycles. The average molecular weight is 453 g/mol. The number of amides is 2. The lowest BCUT2D eigenvalue weighted by Gasteiger charge is -2.29. The minimum Gasteiger partial charge on any atom is -0.457 e. The summed E-state index contributed by atoms with van der Waals surface area (Å²) < 4.78 is 19.0. The fraction of sp³-hybridized carbons (Fsp3) is 0. The van der Waals surface area contributed by atoms with E-state index in [1.807, 2.05) is 30.3 Å². The predicted molar refractivity (Wildman–Crippen MR) is 121 cm³/mol. The Kier molecular flexibility index (Phi) is 5.79. The maximum Gasteiger partial charge on any atom is 0.270 e. The van der Waals surface area contributed by atoms with Gasteiger partial charge in [0.15, 0.2) is 5.11 Å². The van der Waals surface area contributed by atoms with Gasteiger partial charge < -0.3 is 4.74 Å². The Labute approximate surface area is 187 Å². The molecule has 31 heavy (non-hydrogen) atoms. The molecule has 1 aliphatic heterocycles. The largest absolute Gasteiger partial charge is 0.457 e. The Bertz CT molecular complexity index is 1210. The van der Waals surface area contributed by atoms with Crippen LogP contribution in [-0.4, -0.2) is 16.9 Å². The average Bonchev–Trinajstić information content (AvgIpc) is 2.74. The van der Waals surface area contributed by atoms with Crippen LogP contribution in [-0.2, 0) is 9.59 Å². The molecule has 0 radical (unpaired) electrons. The predicted octanol–water partition coefficient (Wildman–Crippen LogP) is 5.10. The van der Waals surface area contributed by atoms with Crippen LogP contribution < -0.4 is 15.0 Å². The molecule has 1 N–H and O–H groups in total. The van der Waals surface area contributed by atoms with E-state index in [0.29, 0.717) is 22.7 Å². The van der Waals surface area contributed by atoms with Crippen molar-refractivity contribution < 1.29 is 18.7 Å². The molecule has 154 valence electrons. The zero-order valence-corrected chi connectivity index (χ0v) is 17.4. The van der Waals surface area contributed by atoms with E-state index in [9.17, 15) is 14.0 Å². The van der Waals surface area contributed by atoms with Crippen LogP contribution in [0.1, 0.15) is 5.56 Å². The molecule has 0 saturated carbocycles. The minimum absolute atomic E-state index is 0.0471. The summed E-state index contributed by atoms with van der Waals surface area (Å²) in [6.07, 6.45) is 1.31. The Morgan fingerprint density at radius 3 is 2.32 bits per heavy atom. The van der Waals surface area contributed by atoms with Crippen molar-refractivity contribution in [3.63, 3.8) is 0 Å². The van der Waals surface area contributed by atoms with Crippen LogP contribution in [0.3, 0.4) is 0 Å². The first kappa shape index (κ1) is 20.7. The van der Waals surface area contributed by atoms with Gasteiger partial charge in [0, 0.05) is 0 Å². The lowest BCUT2D eigenvalue weighted by molar-refractivity contribution is -0.122. The molecule has 0 spiro atoms. The van der Waals surface area contributed by atoms with E-state index < -0.39 is 17.6 Å². The van der Waals surface area contributed by atoms with Crippen molar-refractivity contribution in [2.45, 2.75) is 0 Å². The van der Waals surface area contributed by atoms with Gasteiger partial charge in [-0.05, 0) is 72.4 Å². The number of nitrogens with zero attached hydrogens (tertiary/aromatic N) is 1. The first-order valence-electron chi connectivity index (χ1n) is 9.12. The summed E-state index contributed by atoms with van der Waals surface area (Å²) in [6.45, 7) is 0. The Hall–Kier alpha value is -3.55. The number of carbonyl (C=O) groups excluding carboxylic acids is 2. The summed E-state index contributed by atoms with van der Waals surface area (Å²) in [5, 5.41) is 2.53. The number of ether oxygens (including phenoxy) is 1. The topological polar surface area (TPSA) is 58.6 Å². The molecule has 3 aromatic rings. The van der Waals surface area contributed by atoms with E-state index in [4.69, 9.17) is 28.6 Å². The van der Waals surface area contributed by atoms with Gasteiger partial charge in [0.05, 0.1) is 10.7 Å². The van der Waals surface area contributed by atoms with E-state index in [1.54, 1.807) is 24.3 Å². The van der Waals surface area contributed by atoms with Gasteiger partial charge in [0.2, 0.25) is 0 Å². The van der Waals surface area contributed by atoms with E-state index in [1.165, 1.54) is 23.1 Å². The molecule has 0 aliphatic carbocycles. The van der Waals surface area contributed by atoms with Crippen LogP contribution in [0.25, 0.3) is 6.08 Å². The number of nitrogens with one attached hydrogen (secondary N) is 1. The van der Waals surface area contributed by atoms with Gasteiger partial charge >= 0.3 is 0 Å². The number of thiocarbonyl (C=S) groups is 1. The second-order valence-corrected chi connectivity index (χ2v) is 7.33. The molecule has 1 fully saturated rings. The minimum atomic E-state index is -0.657. The molecule has 0 bridgehead atoms. The normalized spacial score (nSPS) is 15.2. The zero-order valence-electron chi connectivity index (χ0n) is 15.8. The van der Waals surface area contributed by atoms with Gasteiger partial charge in [-0.2, -0.15) is 0 Å². The standard InChI is InChI=1S/C23H14ClFN2O3S/c24-20-13-15(25)7-6-14(20)12-19-21(28)26-23(31)27(22(19)29)16-8-10-18(11-9-16)30-17-4-2-1-3-5-17/h1-13H,(H,26,28,31). The van der Waals surface area contributed by atoms with E-state index in [0.717, 1.165) is 6.07 Å². The van der Waals surface area contributed by atoms with Crippen molar-refractivity contribution in [3.05, 3.63) is 94.8 Å². The van der Waals surface area contributed by atoms with Crippen LogP contribution in [0.15, 0.2) is 78.4 Å². The maximum absolute atomic E-state index is 13.3. The SMILES string of the molecule is O=C1NC(=S)N(c2ccc(Oc3ccccc3)cc2)C(=O)C1=Cc1ccc(F)cc1Cl. The highest BCUT2D eigenvalue weighted by Gasteiger charge is 2.34. The van der Waals surface area contributed by atoms with Crippen LogP contribution in [0, 0.1) is 5.82 Å². The van der Waals surface area contributed by atoms with Gasteiger partial charge in [0.25, 0.3) is 11.8 Å². The number of rotatable bonds is 4. The summed E-state index contributed by atoms with van der Waals surface area (Å²) in [5.74, 6) is -0.551. The second-order valence-electron chi connectivity index (χ2n) is 6.53. The first-order chi connectivity index (χ1) is 14.9. The third-order valence-electron chi connectivity index (χ3n) is 4.44. The fourth-order valence-corrected chi connectivity index (χ4v) is 3.46. The summed E-state index contributed by atoms with van der Waals surface area (Å²) in [6, 6.07) is 19.6. The van der Waals surface area contributed by atoms with Gasteiger partial charge in [-0.15, -0.1) is 0 Å². The molecular formula is C23H14ClFN2O3S. The number of halogens is 2. The number of carbonyl (C=O) groups is 2. The second kappa shape index (κ2) is 8.67. The van der Waals surface area contributed by atoms with Gasteiger partial charge in [-0.3, -0.25) is 19.8 Å². The molecule has 1 heterocycles. The number of hydrogen-bond acceptors (Lipinski definition) is 4. The zero-order chi connectivity index (χ0) is 22.0. The third kappa shape index (κ3) is 4.47. The Morgan fingerprint density at radius 2 is 1.65 bits per heavy atom. The van der Waals surface area contributed by atoms with Gasteiger partial charge in [0.1, 0.15) is 22.9 Å². The summed E-state index contributed by atoms with van der Waals surface area (Å²) in [7, 11) is 0. The number of para-hydroxylation sites is 1. The molecule has 8 heteroatoms. The molecule has 5 nitrogen and oxygen atoms in total. The van der Waals surface area contributed by atoms with E-state index >= 15 is 0 Å². The maximum atomic E-state index is 13.3. The molecule has 0 aromatic heterocycles. The Balaban J connectivity index is 1.62. The molecule has 1 aliphatic rings. The highest BCUT2D eigenvalue weighted by molar-refractivity contribution is 7.80. The van der Waals surface area contributed by atoms with Crippen LogP contribution in [0.4, 0.5) is 10.1 Å². The van der Waals surface area contributed by atoms with Crippen LogP contribution in [0.2, 0.25) is 5.02 Å². The third-order valence-corrected chi connectivity index (χ3v) is 5.05. The smallest absolute Gasteiger partial charge is 0.270 e. The summed E-state index contributed by atoms with van der Waals surface area (Å²) in [4.78, 5) is 26.6. The molecular weight excluding hydrogens is 439 g/mol. The van der Waals surface area contributed by atoms with Crippen molar-refractivity contribution in [1.82, 2.24) is 5.32 Å². The molecule has 0 unspecified atom stereocenters. The molecule has 3 aromatic carbocycles. The quantitative estimate of drug-likeness (QED) is 0.340. The highest BCUT2D eigenvalue weighted by Crippen LogP contribution is 2.28. The van der Waals surface area contributed by atoms with Crippen molar-refractivity contribution in [1.29, 1.82) is 0 Å². The monoisotopic (exact) mass is 452 g/mol. The van der Waals surface area contributed by atoms with Crippen LogP contribution >= 0.6 is 23.8 Å². The number of benzene rings is 3. The van der Waals surface area contributed by atoms with Crippen molar-refractivity contribution in [3.8, 4) is 11.5 Å². The first-order valence-corrected chi connectivity index (χ1v) is 9.90. The lowest BCUT2D eigenvalue weighted by Crippen LogP contribution is -2.54. The summed E-state index contributed by atoms with van der Waals surface area (Å²) >= 11 is 11.2. The van der Waals surface area contributed by atoms with Crippen molar-refractivity contribution >= 4 is 52.5 Å². The van der Waals surface area contributed by atoms with Gasteiger partial charge in [-0.25, -0.2) is 4.39 Å². The van der Waals surface area contributed by atoms with Gasteiger partial charge in [-0.1, -0.05) is 35.9 Å². The number of anilines is 1. The molecule has 2 amide bonds. The van der Waals surface area contributed by atoms with Crippen molar-refractivity contribution in [2.24, 2.45) is 0 Å². The van der Waals surface area contributed by atoms with Crippen molar-refractivity contribution in [2.75, 3.05) is 4.90 Å². The number of hydrogen-bond donors (Lipinski definition) is 1. The lowest BCUT2D eigenvalue weighted by atomic mass is 10.1. The van der Waals surface area contributed by atoms with E-state index in [2.05, 4.69) is 5.32 Å². The highest BCUT2D eigenvalue weighted by atomic mass is 35.5. The van der Waals surface area contributed by atoms with Crippen LogP contribution in [0.5, 0.6) is 11.5 Å². The molecule has 0 atom stereocenters.